The first-order valence-electron chi connectivity index (χ1n) is 9.19. The lowest BCUT2D eigenvalue weighted by Gasteiger charge is -2.32. The topological polar surface area (TPSA) is 39.7 Å². The third kappa shape index (κ3) is 7.88. The van der Waals surface area contributed by atoms with Crippen molar-refractivity contribution < 1.29 is 0 Å². The van der Waals surface area contributed by atoms with Crippen molar-refractivity contribution in [1.82, 2.24) is 15.5 Å². The summed E-state index contributed by atoms with van der Waals surface area (Å²) in [6.07, 6.45) is 12.6. The zero-order valence-electron chi connectivity index (χ0n) is 14.9. The van der Waals surface area contributed by atoms with Gasteiger partial charge in [0.05, 0.1) is 0 Å². The fraction of sp³-hybridized carbons (Fsp3) is 0.833. The molecular formula is C18H35IN4. The van der Waals surface area contributed by atoms with E-state index in [0.717, 1.165) is 18.9 Å². The summed E-state index contributed by atoms with van der Waals surface area (Å²) in [5.74, 6) is 0.977. The molecule has 2 rings (SSSR count). The summed E-state index contributed by atoms with van der Waals surface area (Å²) >= 11 is 0. The third-order valence-corrected chi connectivity index (χ3v) is 4.82. The van der Waals surface area contributed by atoms with E-state index in [1.165, 1.54) is 64.6 Å². The molecule has 1 saturated heterocycles. The Morgan fingerprint density at radius 1 is 1.30 bits per heavy atom. The quantitative estimate of drug-likeness (QED) is 0.291. The van der Waals surface area contributed by atoms with Gasteiger partial charge in [-0.2, -0.15) is 0 Å². The van der Waals surface area contributed by atoms with Gasteiger partial charge in [-0.3, -0.25) is 4.99 Å². The number of allylic oxidation sites excluding steroid dienone is 1. The summed E-state index contributed by atoms with van der Waals surface area (Å²) in [6, 6.07) is 0.577. The number of piperidine rings is 1. The third-order valence-electron chi connectivity index (χ3n) is 4.82. The standard InChI is InChI=1S/C18H34N4.HI/c1-3-13-22-14-10-17(11-15-22)21-18(19-2)20-12-9-16-7-5-4-6-8-16;/h7,17H,3-6,8-15H2,1-2H3,(H2,19,20,21);1H. The van der Waals surface area contributed by atoms with E-state index in [1.54, 1.807) is 5.57 Å². The van der Waals surface area contributed by atoms with Crippen molar-refractivity contribution in [2.45, 2.75) is 64.3 Å². The van der Waals surface area contributed by atoms with E-state index < -0.39 is 0 Å². The fourth-order valence-electron chi connectivity index (χ4n) is 3.48. The van der Waals surface area contributed by atoms with E-state index in [4.69, 9.17) is 0 Å². The molecule has 4 nitrogen and oxygen atoms in total. The Balaban J connectivity index is 0.00000264. The molecule has 1 heterocycles. The Kier molecular flexibility index (Phi) is 10.9. The van der Waals surface area contributed by atoms with Gasteiger partial charge >= 0.3 is 0 Å². The van der Waals surface area contributed by atoms with Crippen LogP contribution in [0.4, 0.5) is 0 Å². The van der Waals surface area contributed by atoms with Crippen LogP contribution in [-0.4, -0.2) is 50.1 Å². The monoisotopic (exact) mass is 434 g/mol. The summed E-state index contributed by atoms with van der Waals surface area (Å²) in [5.41, 5.74) is 1.63. The molecule has 0 aromatic carbocycles. The molecule has 1 aliphatic carbocycles. The maximum Gasteiger partial charge on any atom is 0.191 e. The summed E-state index contributed by atoms with van der Waals surface area (Å²) in [7, 11) is 1.88. The van der Waals surface area contributed by atoms with E-state index in [2.05, 4.69) is 33.5 Å². The van der Waals surface area contributed by atoms with Gasteiger partial charge in [-0.25, -0.2) is 0 Å². The Labute approximate surface area is 159 Å². The Hall–Kier alpha value is -0.300. The first-order valence-corrected chi connectivity index (χ1v) is 9.19. The van der Waals surface area contributed by atoms with Crippen LogP contribution < -0.4 is 10.6 Å². The van der Waals surface area contributed by atoms with Crippen molar-refractivity contribution in [3.63, 3.8) is 0 Å². The average Bonchev–Trinajstić information content (AvgIpc) is 2.57. The van der Waals surface area contributed by atoms with Crippen LogP contribution in [0, 0.1) is 0 Å². The van der Waals surface area contributed by atoms with Gasteiger partial charge in [0.25, 0.3) is 0 Å². The predicted molar refractivity (Wildman–Crippen MR) is 111 cm³/mol. The van der Waals surface area contributed by atoms with E-state index in [0.29, 0.717) is 6.04 Å². The van der Waals surface area contributed by atoms with Crippen LogP contribution in [0.3, 0.4) is 0 Å². The lowest BCUT2D eigenvalue weighted by atomic mass is 9.97. The number of halogens is 1. The summed E-state index contributed by atoms with van der Waals surface area (Å²) in [5, 5.41) is 7.08. The second-order valence-electron chi connectivity index (χ2n) is 6.62. The van der Waals surface area contributed by atoms with Gasteiger partial charge in [-0.05, 0) is 57.9 Å². The molecule has 1 aliphatic heterocycles. The minimum Gasteiger partial charge on any atom is -0.356 e. The number of hydrogen-bond acceptors (Lipinski definition) is 2. The zero-order valence-corrected chi connectivity index (χ0v) is 17.3. The maximum absolute atomic E-state index is 4.38. The van der Waals surface area contributed by atoms with Gasteiger partial charge in [-0.15, -0.1) is 24.0 Å². The number of nitrogens with one attached hydrogen (secondary N) is 2. The Bertz CT molecular complexity index is 373. The summed E-state index contributed by atoms with van der Waals surface area (Å²) in [4.78, 5) is 6.95. The predicted octanol–water partition coefficient (Wildman–Crippen LogP) is 3.53. The highest BCUT2D eigenvalue weighted by Crippen LogP contribution is 2.19. The molecule has 1 fully saturated rings. The average molecular weight is 434 g/mol. The summed E-state index contributed by atoms with van der Waals surface area (Å²) < 4.78 is 0. The van der Waals surface area contributed by atoms with E-state index >= 15 is 0 Å². The molecular weight excluding hydrogens is 399 g/mol. The van der Waals surface area contributed by atoms with E-state index in [9.17, 15) is 0 Å². The van der Waals surface area contributed by atoms with Gasteiger partial charge < -0.3 is 15.5 Å². The van der Waals surface area contributed by atoms with Crippen LogP contribution in [-0.2, 0) is 0 Å². The van der Waals surface area contributed by atoms with Crippen molar-refractivity contribution in [2.24, 2.45) is 4.99 Å². The van der Waals surface area contributed by atoms with Gasteiger partial charge in [0.2, 0.25) is 0 Å². The van der Waals surface area contributed by atoms with Crippen molar-refractivity contribution in [3.05, 3.63) is 11.6 Å². The van der Waals surface area contributed by atoms with Crippen molar-refractivity contribution >= 4 is 29.9 Å². The largest absolute Gasteiger partial charge is 0.356 e. The zero-order chi connectivity index (χ0) is 15.6. The molecule has 0 saturated carbocycles. The van der Waals surface area contributed by atoms with Crippen molar-refractivity contribution in [2.75, 3.05) is 33.2 Å². The molecule has 0 amide bonds. The van der Waals surface area contributed by atoms with Gasteiger partial charge in [0.1, 0.15) is 0 Å². The number of hydrogen-bond donors (Lipinski definition) is 2. The number of rotatable bonds is 6. The highest BCUT2D eigenvalue weighted by Gasteiger charge is 2.19. The number of nitrogens with zero attached hydrogens (tertiary/aromatic N) is 2. The molecule has 2 aliphatic rings. The summed E-state index contributed by atoms with van der Waals surface area (Å²) in [6.45, 7) is 6.94. The van der Waals surface area contributed by atoms with Gasteiger partial charge in [0, 0.05) is 32.7 Å². The van der Waals surface area contributed by atoms with E-state index in [1.807, 2.05) is 7.05 Å². The first-order chi connectivity index (χ1) is 10.8. The van der Waals surface area contributed by atoms with Crippen molar-refractivity contribution in [3.8, 4) is 0 Å². The molecule has 0 bridgehead atoms. The van der Waals surface area contributed by atoms with Crippen LogP contribution in [0.15, 0.2) is 16.6 Å². The fourth-order valence-corrected chi connectivity index (χ4v) is 3.48. The van der Waals surface area contributed by atoms with Gasteiger partial charge in [-0.1, -0.05) is 18.6 Å². The van der Waals surface area contributed by atoms with Crippen molar-refractivity contribution in [1.29, 1.82) is 0 Å². The van der Waals surface area contributed by atoms with Crippen LogP contribution in [0.5, 0.6) is 0 Å². The molecule has 0 spiro atoms. The molecule has 5 heteroatoms. The molecule has 0 aromatic heterocycles. The van der Waals surface area contributed by atoms with Gasteiger partial charge in [0.15, 0.2) is 5.96 Å². The lowest BCUT2D eigenvalue weighted by Crippen LogP contribution is -2.48. The first kappa shape index (κ1) is 20.7. The van der Waals surface area contributed by atoms with Crippen LogP contribution >= 0.6 is 24.0 Å². The van der Waals surface area contributed by atoms with E-state index in [-0.39, 0.29) is 24.0 Å². The Morgan fingerprint density at radius 2 is 2.09 bits per heavy atom. The highest BCUT2D eigenvalue weighted by atomic mass is 127. The number of guanidine groups is 1. The maximum atomic E-state index is 4.38. The Morgan fingerprint density at radius 3 is 2.70 bits per heavy atom. The minimum absolute atomic E-state index is 0. The normalized spacial score (nSPS) is 20.6. The molecule has 0 unspecified atom stereocenters. The van der Waals surface area contributed by atoms with Crippen LogP contribution in [0.2, 0.25) is 0 Å². The second-order valence-corrected chi connectivity index (χ2v) is 6.62. The molecule has 0 aromatic rings. The molecule has 23 heavy (non-hydrogen) atoms. The lowest BCUT2D eigenvalue weighted by molar-refractivity contribution is 0.206. The molecule has 0 radical (unpaired) electrons. The van der Waals surface area contributed by atoms with Crippen LogP contribution in [0.1, 0.15) is 58.3 Å². The van der Waals surface area contributed by atoms with Crippen LogP contribution in [0.25, 0.3) is 0 Å². The smallest absolute Gasteiger partial charge is 0.191 e. The molecule has 134 valence electrons. The molecule has 2 N–H and O–H groups in total. The SMILES string of the molecule is CCCN1CCC(NC(=NC)NCCC2=CCCCC2)CC1.I. The second kappa shape index (κ2) is 12.1. The number of aliphatic imine (C=N–C) groups is 1. The minimum atomic E-state index is 0. The molecule has 0 atom stereocenters. The number of likely N-dealkylation sites (tertiary alicyclic amines) is 1. The highest BCUT2D eigenvalue weighted by molar-refractivity contribution is 14.0.